The minimum absolute atomic E-state index is 0.0180. The average Bonchev–Trinajstić information content (AvgIpc) is 3.24. The zero-order valence-corrected chi connectivity index (χ0v) is 22.7. The molecule has 42 heavy (non-hydrogen) atoms. The number of nitrogens with zero attached hydrogens (tertiary/aromatic N) is 1. The number of ketones is 2. The van der Waals surface area contributed by atoms with Crippen LogP contribution in [0.3, 0.4) is 0 Å². The van der Waals surface area contributed by atoms with Crippen LogP contribution < -0.4 is 10.4 Å². The molecule has 0 aromatic heterocycles. The van der Waals surface area contributed by atoms with Gasteiger partial charge >= 0.3 is 7.12 Å². The zero-order chi connectivity index (χ0) is 29.4. The van der Waals surface area contributed by atoms with E-state index in [2.05, 4.69) is 0 Å². The first-order chi connectivity index (χ1) is 20.2. The van der Waals surface area contributed by atoms with Gasteiger partial charge in [-0.1, -0.05) is 54.1 Å². The number of phenols is 1. The van der Waals surface area contributed by atoms with Gasteiger partial charge in [-0.2, -0.15) is 0 Å². The second-order valence-corrected chi connectivity index (χ2v) is 11.4. The lowest BCUT2D eigenvalue weighted by Gasteiger charge is -2.42. The average molecular weight is 559 g/mol. The number of rotatable bonds is 3. The summed E-state index contributed by atoms with van der Waals surface area (Å²) < 4.78 is 0. The highest BCUT2D eigenvalue weighted by molar-refractivity contribution is 6.58. The molecule has 1 aliphatic heterocycles. The van der Waals surface area contributed by atoms with Gasteiger partial charge in [-0.05, 0) is 66.2 Å². The van der Waals surface area contributed by atoms with Crippen molar-refractivity contribution in [3.05, 3.63) is 101 Å². The maximum atomic E-state index is 14.1. The summed E-state index contributed by atoms with van der Waals surface area (Å²) in [5.74, 6) is -4.20. The third-order valence-electron chi connectivity index (χ3n) is 9.23. The summed E-state index contributed by atoms with van der Waals surface area (Å²) in [4.78, 5) is 56.1. The number of allylic oxidation sites excluding steroid dienone is 6. The van der Waals surface area contributed by atoms with Crippen LogP contribution in [0, 0.1) is 17.8 Å². The molecule has 0 saturated carbocycles. The normalized spacial score (nSPS) is 25.3. The summed E-state index contributed by atoms with van der Waals surface area (Å²) in [6, 6.07) is 16.9. The van der Waals surface area contributed by atoms with E-state index < -0.39 is 42.6 Å². The van der Waals surface area contributed by atoms with E-state index in [-0.39, 0.29) is 41.3 Å². The number of hydrogen-bond acceptors (Lipinski definition) is 7. The molecule has 0 bridgehead atoms. The predicted molar refractivity (Wildman–Crippen MR) is 156 cm³/mol. The van der Waals surface area contributed by atoms with Gasteiger partial charge in [0.25, 0.3) is 0 Å². The van der Waals surface area contributed by atoms with Crippen molar-refractivity contribution in [1.29, 1.82) is 0 Å². The standard InChI is InChI=1S/C33H26BNO7/c1-16-13-26(37)29-24(31(16)38)15-23-21(30(29)28-20-8-3-2-5-17(20)9-12-25(28)36)10-11-22-27(23)33(40)35(32(22)39)19-7-4-6-18(14-19)34(41)42/h2-10,12-14,22-23,27,30,36,41-42H,11,15H2,1H3. The number of amides is 2. The van der Waals surface area contributed by atoms with E-state index in [4.69, 9.17) is 0 Å². The Morgan fingerprint density at radius 2 is 1.69 bits per heavy atom. The van der Waals surface area contributed by atoms with Gasteiger partial charge in [0.15, 0.2) is 11.6 Å². The molecule has 3 aliphatic carbocycles. The van der Waals surface area contributed by atoms with Crippen LogP contribution in [0.25, 0.3) is 10.8 Å². The summed E-state index contributed by atoms with van der Waals surface area (Å²) in [7, 11) is -1.77. The highest BCUT2D eigenvalue weighted by Crippen LogP contribution is 2.57. The maximum absolute atomic E-state index is 14.1. The van der Waals surface area contributed by atoms with Crippen LogP contribution in [0.15, 0.2) is 95.1 Å². The predicted octanol–water partition coefficient (Wildman–Crippen LogP) is 2.86. The van der Waals surface area contributed by atoms with Crippen molar-refractivity contribution in [2.75, 3.05) is 4.90 Å². The summed E-state index contributed by atoms with van der Waals surface area (Å²) >= 11 is 0. The highest BCUT2D eigenvalue weighted by Gasteiger charge is 2.57. The lowest BCUT2D eigenvalue weighted by Crippen LogP contribution is -2.40. The molecule has 0 radical (unpaired) electrons. The molecule has 1 fully saturated rings. The minimum atomic E-state index is -1.77. The molecule has 0 spiro atoms. The van der Waals surface area contributed by atoms with E-state index in [1.807, 2.05) is 30.3 Å². The number of hydrogen-bond donors (Lipinski definition) is 3. The van der Waals surface area contributed by atoms with E-state index in [0.717, 1.165) is 21.2 Å². The van der Waals surface area contributed by atoms with Gasteiger partial charge in [-0.25, -0.2) is 0 Å². The minimum Gasteiger partial charge on any atom is -0.508 e. The second kappa shape index (κ2) is 9.47. The van der Waals surface area contributed by atoms with Crippen LogP contribution in [0.1, 0.15) is 31.2 Å². The smallest absolute Gasteiger partial charge is 0.488 e. The molecule has 1 saturated heterocycles. The Morgan fingerprint density at radius 1 is 0.905 bits per heavy atom. The van der Waals surface area contributed by atoms with Crippen LogP contribution in [0.4, 0.5) is 5.69 Å². The maximum Gasteiger partial charge on any atom is 0.488 e. The summed E-state index contributed by atoms with van der Waals surface area (Å²) in [5, 5.41) is 32.2. The molecule has 9 heteroatoms. The monoisotopic (exact) mass is 559 g/mol. The van der Waals surface area contributed by atoms with Crippen molar-refractivity contribution in [1.82, 2.24) is 0 Å². The van der Waals surface area contributed by atoms with Gasteiger partial charge in [0.1, 0.15) is 5.75 Å². The fraction of sp³-hybridized carbons (Fsp3) is 0.212. The van der Waals surface area contributed by atoms with Crippen molar-refractivity contribution >= 4 is 52.4 Å². The van der Waals surface area contributed by atoms with Gasteiger partial charge in [0, 0.05) is 28.2 Å². The topological polar surface area (TPSA) is 132 Å². The third kappa shape index (κ3) is 3.70. The van der Waals surface area contributed by atoms with Crippen LogP contribution >= 0.6 is 0 Å². The summed E-state index contributed by atoms with van der Waals surface area (Å²) in [6.07, 6.45) is 3.63. The van der Waals surface area contributed by atoms with E-state index in [1.165, 1.54) is 18.2 Å². The zero-order valence-electron chi connectivity index (χ0n) is 22.7. The van der Waals surface area contributed by atoms with Crippen molar-refractivity contribution in [2.45, 2.75) is 25.7 Å². The number of imide groups is 1. The fourth-order valence-corrected chi connectivity index (χ4v) is 7.38. The SMILES string of the molecule is CC1=CC(=O)C2=C(CC3C(=CCC4C(=O)N(c5cccc(B(O)O)c5)C(=O)C43)C2c2c(O)ccc3ccccc23)C1=O. The molecule has 1 heterocycles. The van der Waals surface area contributed by atoms with Crippen LogP contribution in [0.2, 0.25) is 0 Å². The molecular formula is C33H26BNO7. The molecule has 4 unspecified atom stereocenters. The van der Waals surface area contributed by atoms with Crippen molar-refractivity contribution < 1.29 is 34.3 Å². The Hall–Kier alpha value is -4.60. The molecule has 4 aliphatic rings. The summed E-state index contributed by atoms with van der Waals surface area (Å²) in [5.41, 5.74) is 2.60. The molecular weight excluding hydrogens is 533 g/mol. The molecule has 3 aromatic rings. The van der Waals surface area contributed by atoms with Crippen molar-refractivity contribution in [3.63, 3.8) is 0 Å². The first kappa shape index (κ1) is 26.3. The first-order valence-electron chi connectivity index (χ1n) is 13.9. The Bertz CT molecular complexity index is 1850. The van der Waals surface area contributed by atoms with E-state index in [0.29, 0.717) is 22.3 Å². The highest BCUT2D eigenvalue weighted by atomic mass is 16.4. The van der Waals surface area contributed by atoms with E-state index in [1.54, 1.807) is 31.2 Å². The number of phenolic OH excluding ortho intramolecular Hbond substituents is 1. The van der Waals surface area contributed by atoms with E-state index >= 15 is 0 Å². The lowest BCUT2D eigenvalue weighted by atomic mass is 9.59. The first-order valence-corrected chi connectivity index (χ1v) is 13.9. The molecule has 208 valence electrons. The second-order valence-electron chi connectivity index (χ2n) is 11.4. The largest absolute Gasteiger partial charge is 0.508 e. The number of anilines is 1. The molecule has 7 rings (SSSR count). The van der Waals surface area contributed by atoms with Crippen molar-refractivity contribution in [2.24, 2.45) is 17.8 Å². The third-order valence-corrected chi connectivity index (χ3v) is 9.23. The quantitative estimate of drug-likeness (QED) is 0.195. The van der Waals surface area contributed by atoms with Gasteiger partial charge < -0.3 is 15.2 Å². The van der Waals surface area contributed by atoms with Crippen LogP contribution in [0.5, 0.6) is 5.75 Å². The van der Waals surface area contributed by atoms with Crippen LogP contribution in [-0.4, -0.2) is 45.7 Å². The van der Waals surface area contributed by atoms with Gasteiger partial charge in [0.05, 0.1) is 17.5 Å². The lowest BCUT2D eigenvalue weighted by molar-refractivity contribution is -0.123. The number of benzene rings is 3. The van der Waals surface area contributed by atoms with Crippen molar-refractivity contribution in [3.8, 4) is 5.75 Å². The Kier molecular flexibility index (Phi) is 5.94. The fourth-order valence-electron chi connectivity index (χ4n) is 7.38. The summed E-state index contributed by atoms with van der Waals surface area (Å²) in [6.45, 7) is 1.60. The van der Waals surface area contributed by atoms with Crippen LogP contribution in [-0.2, 0) is 19.2 Å². The molecule has 4 atom stereocenters. The number of Topliss-reactive ketones (excluding diaryl/α,β-unsaturated/α-hetero) is 1. The molecule has 8 nitrogen and oxygen atoms in total. The van der Waals surface area contributed by atoms with Gasteiger partial charge in [-0.15, -0.1) is 0 Å². The van der Waals surface area contributed by atoms with Gasteiger partial charge in [-0.3, -0.25) is 24.1 Å². The molecule has 3 aromatic carbocycles. The molecule has 2 amide bonds. The number of aromatic hydroxyl groups is 1. The Labute approximate surface area is 241 Å². The molecule has 3 N–H and O–H groups in total. The Balaban J connectivity index is 1.40. The number of fused-ring (bicyclic) bond motifs is 4. The number of carbonyl (C=O) groups is 4. The Morgan fingerprint density at radius 3 is 2.48 bits per heavy atom. The van der Waals surface area contributed by atoms with Gasteiger partial charge in [0.2, 0.25) is 11.8 Å². The number of carbonyl (C=O) groups excluding carboxylic acids is 4. The van der Waals surface area contributed by atoms with E-state index in [9.17, 15) is 34.3 Å².